The van der Waals surface area contributed by atoms with Crippen LogP contribution in [0.15, 0.2) is 54.6 Å². The highest BCUT2D eigenvalue weighted by molar-refractivity contribution is 5.37. The molecular formula is C21H25N. The molecule has 1 saturated heterocycles. The number of likely N-dealkylation sites (tertiary alicyclic amines) is 1. The van der Waals surface area contributed by atoms with Crippen LogP contribution in [-0.2, 0) is 6.42 Å². The number of piperidine rings is 1. The number of hydrogen-bond donors (Lipinski definition) is 0. The van der Waals surface area contributed by atoms with Crippen molar-refractivity contribution in [2.75, 3.05) is 13.1 Å². The Balaban J connectivity index is 1.43. The minimum atomic E-state index is 0.685. The van der Waals surface area contributed by atoms with Crippen molar-refractivity contribution in [2.45, 2.75) is 44.1 Å². The molecule has 1 fully saturated rings. The summed E-state index contributed by atoms with van der Waals surface area (Å²) in [6, 6.07) is 20.8. The molecule has 0 amide bonds. The molecule has 0 bridgehead atoms. The summed E-state index contributed by atoms with van der Waals surface area (Å²) in [5.41, 5.74) is 4.69. The van der Waals surface area contributed by atoms with Gasteiger partial charge >= 0.3 is 0 Å². The second-order valence-electron chi connectivity index (χ2n) is 6.98. The van der Waals surface area contributed by atoms with Gasteiger partial charge in [0.15, 0.2) is 0 Å². The van der Waals surface area contributed by atoms with Gasteiger partial charge in [-0.2, -0.15) is 0 Å². The van der Waals surface area contributed by atoms with Gasteiger partial charge in [-0.05, 0) is 60.9 Å². The van der Waals surface area contributed by atoms with Crippen LogP contribution in [0.5, 0.6) is 0 Å². The van der Waals surface area contributed by atoms with Crippen LogP contribution in [0.3, 0.4) is 0 Å². The minimum Gasteiger partial charge on any atom is -0.299 e. The van der Waals surface area contributed by atoms with E-state index in [0.717, 1.165) is 5.92 Å². The van der Waals surface area contributed by atoms with E-state index >= 15 is 0 Å². The molecule has 2 aliphatic rings. The molecule has 1 nitrogen and oxygen atoms in total. The second kappa shape index (κ2) is 5.89. The van der Waals surface area contributed by atoms with Gasteiger partial charge in [-0.3, -0.25) is 4.90 Å². The highest BCUT2D eigenvalue weighted by atomic mass is 15.2. The normalized spacial score (nSPS) is 26.0. The van der Waals surface area contributed by atoms with Gasteiger partial charge in [0.05, 0.1) is 0 Å². The largest absolute Gasteiger partial charge is 0.299 e. The first-order valence-corrected chi connectivity index (χ1v) is 8.70. The van der Waals surface area contributed by atoms with Gasteiger partial charge in [0.1, 0.15) is 0 Å². The maximum atomic E-state index is 2.75. The maximum Gasteiger partial charge on any atom is 0.0202 e. The summed E-state index contributed by atoms with van der Waals surface area (Å²) in [7, 11) is 0. The van der Waals surface area contributed by atoms with Crippen LogP contribution >= 0.6 is 0 Å². The van der Waals surface area contributed by atoms with E-state index in [1.807, 2.05) is 0 Å². The summed E-state index contributed by atoms with van der Waals surface area (Å²) >= 11 is 0. The van der Waals surface area contributed by atoms with E-state index in [0.29, 0.717) is 12.0 Å². The average molecular weight is 291 g/mol. The number of benzene rings is 2. The molecule has 0 N–H and O–H groups in total. The van der Waals surface area contributed by atoms with Crippen molar-refractivity contribution in [2.24, 2.45) is 0 Å². The molecule has 2 aromatic carbocycles. The third-order valence-electron chi connectivity index (χ3n) is 5.82. The SMILES string of the molecule is CC1c2ccccc2CC1N1CCC(c2ccccc2)CC1. The quantitative estimate of drug-likeness (QED) is 0.782. The summed E-state index contributed by atoms with van der Waals surface area (Å²) in [5.74, 6) is 1.45. The third kappa shape index (κ3) is 2.48. The van der Waals surface area contributed by atoms with Crippen LogP contribution in [0.25, 0.3) is 0 Å². The van der Waals surface area contributed by atoms with Crippen LogP contribution in [0, 0.1) is 0 Å². The van der Waals surface area contributed by atoms with Gasteiger partial charge in [-0.15, -0.1) is 0 Å². The van der Waals surface area contributed by atoms with Gasteiger partial charge in [0, 0.05) is 6.04 Å². The summed E-state index contributed by atoms with van der Waals surface area (Å²) in [5, 5.41) is 0. The number of rotatable bonds is 2. The van der Waals surface area contributed by atoms with E-state index < -0.39 is 0 Å². The van der Waals surface area contributed by atoms with Crippen LogP contribution in [0.1, 0.15) is 48.3 Å². The number of fused-ring (bicyclic) bond motifs is 1. The Morgan fingerprint density at radius 2 is 1.55 bits per heavy atom. The Bertz CT molecular complexity index is 625. The van der Waals surface area contributed by atoms with E-state index in [4.69, 9.17) is 0 Å². The summed E-state index contributed by atoms with van der Waals surface area (Å²) in [4.78, 5) is 2.75. The smallest absolute Gasteiger partial charge is 0.0202 e. The van der Waals surface area contributed by atoms with E-state index in [2.05, 4.69) is 66.4 Å². The summed E-state index contributed by atoms with van der Waals surface area (Å²) in [6.07, 6.45) is 3.86. The fourth-order valence-corrected chi connectivity index (χ4v) is 4.51. The lowest BCUT2D eigenvalue weighted by Crippen LogP contribution is -2.42. The first kappa shape index (κ1) is 14.0. The zero-order valence-corrected chi connectivity index (χ0v) is 13.4. The van der Waals surface area contributed by atoms with Gasteiger partial charge in [-0.25, -0.2) is 0 Å². The van der Waals surface area contributed by atoms with Crippen LogP contribution in [0.4, 0.5) is 0 Å². The van der Waals surface area contributed by atoms with Crippen LogP contribution in [-0.4, -0.2) is 24.0 Å². The van der Waals surface area contributed by atoms with Crippen molar-refractivity contribution >= 4 is 0 Å². The van der Waals surface area contributed by atoms with Gasteiger partial charge in [-0.1, -0.05) is 61.5 Å². The number of hydrogen-bond acceptors (Lipinski definition) is 1. The number of nitrogens with zero attached hydrogens (tertiary/aromatic N) is 1. The van der Waals surface area contributed by atoms with Gasteiger partial charge in [0.25, 0.3) is 0 Å². The Morgan fingerprint density at radius 1 is 0.864 bits per heavy atom. The molecule has 0 radical (unpaired) electrons. The zero-order valence-electron chi connectivity index (χ0n) is 13.4. The molecule has 4 rings (SSSR count). The molecule has 22 heavy (non-hydrogen) atoms. The summed E-state index contributed by atoms with van der Waals surface area (Å²) < 4.78 is 0. The van der Waals surface area contributed by atoms with Crippen molar-refractivity contribution in [3.05, 3.63) is 71.3 Å². The molecule has 1 aliphatic heterocycles. The van der Waals surface area contributed by atoms with E-state index in [1.54, 1.807) is 11.1 Å². The van der Waals surface area contributed by atoms with Crippen LogP contribution < -0.4 is 0 Å². The third-order valence-corrected chi connectivity index (χ3v) is 5.82. The highest BCUT2D eigenvalue weighted by Crippen LogP contribution is 2.38. The summed E-state index contributed by atoms with van der Waals surface area (Å²) in [6.45, 7) is 4.92. The molecule has 2 aromatic rings. The van der Waals surface area contributed by atoms with E-state index in [-0.39, 0.29) is 0 Å². The second-order valence-corrected chi connectivity index (χ2v) is 6.98. The fraction of sp³-hybridized carbons (Fsp3) is 0.429. The topological polar surface area (TPSA) is 3.24 Å². The van der Waals surface area contributed by atoms with Crippen molar-refractivity contribution in [1.29, 1.82) is 0 Å². The lowest BCUT2D eigenvalue weighted by Gasteiger charge is -2.38. The Hall–Kier alpha value is -1.60. The lowest BCUT2D eigenvalue weighted by atomic mass is 9.88. The van der Waals surface area contributed by atoms with Crippen molar-refractivity contribution < 1.29 is 0 Å². The fourth-order valence-electron chi connectivity index (χ4n) is 4.51. The molecule has 0 aromatic heterocycles. The average Bonchev–Trinajstić information content (AvgIpc) is 2.93. The zero-order chi connectivity index (χ0) is 14.9. The molecular weight excluding hydrogens is 266 g/mol. The predicted molar refractivity (Wildman–Crippen MR) is 92.3 cm³/mol. The standard InChI is InChI=1S/C21H25N/c1-16-20-10-6-5-9-19(20)15-21(16)22-13-11-18(12-14-22)17-7-3-2-4-8-17/h2-10,16,18,21H,11-15H2,1H3. The molecule has 1 heteroatoms. The first-order valence-electron chi connectivity index (χ1n) is 8.70. The Kier molecular flexibility index (Phi) is 3.75. The Labute approximate surface area is 134 Å². The molecule has 1 aliphatic carbocycles. The molecule has 2 unspecified atom stereocenters. The molecule has 0 saturated carbocycles. The molecule has 114 valence electrons. The predicted octanol–water partition coefficient (Wildman–Crippen LogP) is 4.59. The lowest BCUT2D eigenvalue weighted by molar-refractivity contribution is 0.142. The van der Waals surface area contributed by atoms with E-state index in [1.165, 1.54) is 37.9 Å². The minimum absolute atomic E-state index is 0.685. The maximum absolute atomic E-state index is 2.75. The van der Waals surface area contributed by atoms with Crippen molar-refractivity contribution in [1.82, 2.24) is 4.90 Å². The molecule has 2 atom stereocenters. The Morgan fingerprint density at radius 3 is 2.27 bits per heavy atom. The van der Waals surface area contributed by atoms with E-state index in [9.17, 15) is 0 Å². The van der Waals surface area contributed by atoms with Gasteiger partial charge in [0.2, 0.25) is 0 Å². The molecule has 0 spiro atoms. The molecule has 1 heterocycles. The van der Waals surface area contributed by atoms with Crippen LogP contribution in [0.2, 0.25) is 0 Å². The monoisotopic (exact) mass is 291 g/mol. The van der Waals surface area contributed by atoms with Crippen molar-refractivity contribution in [3.63, 3.8) is 0 Å². The van der Waals surface area contributed by atoms with Gasteiger partial charge < -0.3 is 0 Å². The highest BCUT2D eigenvalue weighted by Gasteiger charge is 2.34. The van der Waals surface area contributed by atoms with Crippen molar-refractivity contribution in [3.8, 4) is 0 Å². The first-order chi connectivity index (χ1) is 10.8.